The van der Waals surface area contributed by atoms with Crippen LogP contribution in [0.15, 0.2) is 12.1 Å². The quantitative estimate of drug-likeness (QED) is 0.872. The van der Waals surface area contributed by atoms with Crippen LogP contribution in [-0.2, 0) is 4.74 Å². The summed E-state index contributed by atoms with van der Waals surface area (Å²) in [4.78, 5) is 12.4. The van der Waals surface area contributed by atoms with Crippen LogP contribution in [0.5, 0.6) is 0 Å². The van der Waals surface area contributed by atoms with Gasteiger partial charge < -0.3 is 15.0 Å². The lowest BCUT2D eigenvalue weighted by Crippen LogP contribution is -2.14. The first-order chi connectivity index (χ1) is 8.81. The summed E-state index contributed by atoms with van der Waals surface area (Å²) in [5, 5.41) is 3.03. The Bertz CT molecular complexity index is 551. The van der Waals surface area contributed by atoms with Gasteiger partial charge in [-0.2, -0.15) is 0 Å². The number of ether oxygens (including phenoxy) is 1. The molecule has 2 aromatic rings. The molecule has 2 N–H and O–H groups in total. The van der Waals surface area contributed by atoms with Crippen molar-refractivity contribution in [1.29, 1.82) is 0 Å². The lowest BCUT2D eigenvalue weighted by atomic mass is 9.99. The number of nitrogens with zero attached hydrogens (tertiary/aromatic N) is 2. The molecule has 0 aromatic carbocycles. The van der Waals surface area contributed by atoms with Crippen molar-refractivity contribution < 1.29 is 4.74 Å². The van der Waals surface area contributed by atoms with Crippen LogP contribution in [0.4, 0.5) is 5.82 Å². The molecular formula is C13H18N4O. The molecule has 0 saturated carbocycles. The van der Waals surface area contributed by atoms with Crippen molar-refractivity contribution >= 4 is 17.0 Å². The van der Waals surface area contributed by atoms with E-state index in [1.165, 1.54) is 0 Å². The molecule has 2 unspecified atom stereocenters. The van der Waals surface area contributed by atoms with Gasteiger partial charge in [-0.05, 0) is 25.0 Å². The minimum Gasteiger partial charge on any atom is -0.377 e. The molecule has 0 spiro atoms. The number of anilines is 1. The van der Waals surface area contributed by atoms with Gasteiger partial charge in [-0.1, -0.05) is 6.92 Å². The highest BCUT2D eigenvalue weighted by atomic mass is 16.5. The maximum absolute atomic E-state index is 5.72. The second-order valence-corrected chi connectivity index (χ2v) is 4.65. The third-order valence-corrected chi connectivity index (χ3v) is 3.58. The molecule has 3 rings (SSSR count). The maximum atomic E-state index is 5.72. The van der Waals surface area contributed by atoms with Gasteiger partial charge >= 0.3 is 0 Å². The van der Waals surface area contributed by atoms with Crippen LogP contribution < -0.4 is 5.32 Å². The monoisotopic (exact) mass is 246 g/mol. The van der Waals surface area contributed by atoms with Crippen molar-refractivity contribution in [3.63, 3.8) is 0 Å². The Labute approximate surface area is 106 Å². The number of rotatable bonds is 3. The van der Waals surface area contributed by atoms with Gasteiger partial charge in [0.1, 0.15) is 11.6 Å². The molecule has 1 saturated heterocycles. The molecular weight excluding hydrogens is 228 g/mol. The number of nitrogens with one attached hydrogen (secondary N) is 2. The van der Waals surface area contributed by atoms with Crippen molar-refractivity contribution in [1.82, 2.24) is 15.0 Å². The first-order valence-electron chi connectivity index (χ1n) is 6.48. The highest BCUT2D eigenvalue weighted by Crippen LogP contribution is 2.32. The molecule has 1 fully saturated rings. The number of pyridine rings is 1. The molecule has 96 valence electrons. The predicted molar refractivity (Wildman–Crippen MR) is 70.8 cm³/mol. The van der Waals surface area contributed by atoms with E-state index in [0.29, 0.717) is 5.92 Å². The van der Waals surface area contributed by atoms with E-state index in [2.05, 4.69) is 27.2 Å². The van der Waals surface area contributed by atoms with Crippen molar-refractivity contribution in [3.05, 3.63) is 18.0 Å². The summed E-state index contributed by atoms with van der Waals surface area (Å²) in [6.07, 6.45) is 2.35. The van der Waals surface area contributed by atoms with Crippen molar-refractivity contribution in [3.8, 4) is 0 Å². The van der Waals surface area contributed by atoms with Crippen LogP contribution in [-0.4, -0.2) is 34.7 Å². The number of fused-ring (bicyclic) bond motifs is 1. The molecule has 5 nitrogen and oxygen atoms in total. The van der Waals surface area contributed by atoms with Gasteiger partial charge in [-0.15, -0.1) is 0 Å². The fourth-order valence-electron chi connectivity index (χ4n) is 2.59. The Balaban J connectivity index is 1.97. The lowest BCUT2D eigenvalue weighted by Gasteiger charge is -2.13. The van der Waals surface area contributed by atoms with Crippen molar-refractivity contribution in [2.45, 2.75) is 31.8 Å². The third-order valence-electron chi connectivity index (χ3n) is 3.58. The van der Waals surface area contributed by atoms with Gasteiger partial charge in [0.2, 0.25) is 0 Å². The molecule has 1 aliphatic heterocycles. The van der Waals surface area contributed by atoms with Gasteiger partial charge in [-0.25, -0.2) is 9.97 Å². The number of hydrogen-bond acceptors (Lipinski definition) is 4. The first kappa shape index (κ1) is 11.5. The summed E-state index contributed by atoms with van der Waals surface area (Å²) in [6, 6.07) is 3.97. The maximum Gasteiger partial charge on any atom is 0.179 e. The SMILES string of the molecule is CCC1OCCC1c1nc2nc(NC)ccc2[nH]1. The van der Waals surface area contributed by atoms with Gasteiger partial charge in [-0.3, -0.25) is 0 Å². The van der Waals surface area contributed by atoms with Crippen LogP contribution in [0.25, 0.3) is 11.2 Å². The van der Waals surface area contributed by atoms with Gasteiger partial charge in [0.25, 0.3) is 0 Å². The van der Waals surface area contributed by atoms with E-state index in [0.717, 1.165) is 42.3 Å². The largest absolute Gasteiger partial charge is 0.377 e. The Morgan fingerprint density at radius 3 is 3.11 bits per heavy atom. The Morgan fingerprint density at radius 1 is 1.44 bits per heavy atom. The number of imidazole rings is 1. The number of aromatic nitrogens is 3. The summed E-state index contributed by atoms with van der Waals surface area (Å²) in [7, 11) is 1.86. The minimum absolute atomic E-state index is 0.286. The average molecular weight is 246 g/mol. The summed E-state index contributed by atoms with van der Waals surface area (Å²) in [6.45, 7) is 2.98. The molecule has 0 bridgehead atoms. The van der Waals surface area contributed by atoms with Crippen molar-refractivity contribution in [2.75, 3.05) is 19.0 Å². The van der Waals surface area contributed by atoms with Crippen LogP contribution in [0.3, 0.4) is 0 Å². The highest BCUT2D eigenvalue weighted by Gasteiger charge is 2.30. The highest BCUT2D eigenvalue weighted by molar-refractivity contribution is 5.73. The first-order valence-corrected chi connectivity index (χ1v) is 6.48. The summed E-state index contributed by atoms with van der Waals surface area (Å²) in [5.41, 5.74) is 1.77. The molecule has 0 amide bonds. The van der Waals surface area contributed by atoms with Gasteiger partial charge in [0, 0.05) is 19.6 Å². The van der Waals surface area contributed by atoms with E-state index in [9.17, 15) is 0 Å². The summed E-state index contributed by atoms with van der Waals surface area (Å²) in [5.74, 6) is 2.23. The van der Waals surface area contributed by atoms with E-state index < -0.39 is 0 Å². The standard InChI is InChI=1S/C13H18N4O/c1-3-10-8(6-7-18-10)12-15-9-4-5-11(14-2)16-13(9)17-12/h4-5,8,10H,3,6-7H2,1-2H3,(H2,14,15,16,17). The number of hydrogen-bond donors (Lipinski definition) is 2. The molecule has 0 aliphatic carbocycles. The molecule has 5 heteroatoms. The molecule has 18 heavy (non-hydrogen) atoms. The Hall–Kier alpha value is -1.62. The number of H-pyrrole nitrogens is 1. The normalized spacial score (nSPS) is 23.7. The third kappa shape index (κ3) is 1.84. The predicted octanol–water partition coefficient (Wildman–Crippen LogP) is 2.28. The van der Waals surface area contributed by atoms with Crippen molar-refractivity contribution in [2.24, 2.45) is 0 Å². The molecule has 0 radical (unpaired) electrons. The number of aromatic amines is 1. The van der Waals surface area contributed by atoms with Crippen LogP contribution in [0.2, 0.25) is 0 Å². The van der Waals surface area contributed by atoms with Crippen LogP contribution in [0, 0.1) is 0 Å². The Morgan fingerprint density at radius 2 is 2.33 bits per heavy atom. The van der Waals surface area contributed by atoms with E-state index in [1.807, 2.05) is 19.2 Å². The van der Waals surface area contributed by atoms with E-state index in [1.54, 1.807) is 0 Å². The van der Waals surface area contributed by atoms with Gasteiger partial charge in [0.05, 0.1) is 11.6 Å². The summed E-state index contributed by atoms with van der Waals surface area (Å²) >= 11 is 0. The zero-order valence-electron chi connectivity index (χ0n) is 10.7. The Kier molecular flexibility index (Phi) is 2.91. The zero-order valence-corrected chi connectivity index (χ0v) is 10.7. The van der Waals surface area contributed by atoms with E-state index >= 15 is 0 Å². The molecule has 1 aliphatic rings. The minimum atomic E-state index is 0.286. The topological polar surface area (TPSA) is 62.8 Å². The smallest absolute Gasteiger partial charge is 0.179 e. The van der Waals surface area contributed by atoms with Gasteiger partial charge in [0.15, 0.2) is 5.65 Å². The fourth-order valence-corrected chi connectivity index (χ4v) is 2.59. The molecule has 2 atom stereocenters. The summed E-state index contributed by atoms with van der Waals surface area (Å²) < 4.78 is 5.72. The lowest BCUT2D eigenvalue weighted by molar-refractivity contribution is 0.0996. The second kappa shape index (κ2) is 4.57. The molecule has 3 heterocycles. The second-order valence-electron chi connectivity index (χ2n) is 4.65. The molecule has 2 aromatic heterocycles. The van der Waals surface area contributed by atoms with E-state index in [-0.39, 0.29) is 6.10 Å². The average Bonchev–Trinajstić information content (AvgIpc) is 3.03. The zero-order chi connectivity index (χ0) is 12.5. The fraction of sp³-hybridized carbons (Fsp3) is 0.538. The van der Waals surface area contributed by atoms with Crippen LogP contribution in [0.1, 0.15) is 31.5 Å². The van der Waals surface area contributed by atoms with E-state index in [4.69, 9.17) is 4.74 Å². The van der Waals surface area contributed by atoms with Crippen LogP contribution >= 0.6 is 0 Å².